The van der Waals surface area contributed by atoms with Gasteiger partial charge in [0.1, 0.15) is 6.04 Å². The third kappa shape index (κ3) is 6.51. The van der Waals surface area contributed by atoms with E-state index < -0.39 is 12.0 Å². The van der Waals surface area contributed by atoms with E-state index >= 15 is 0 Å². The van der Waals surface area contributed by atoms with Gasteiger partial charge in [-0.05, 0) is 19.4 Å². The normalized spacial score (nSPS) is 11.8. The summed E-state index contributed by atoms with van der Waals surface area (Å²) in [5.74, 6) is -0.955. The minimum atomic E-state index is -0.955. The Balaban J connectivity index is -0.000000320. The molecule has 1 atom stereocenters. The molecule has 56 valence electrons. The largest absolute Gasteiger partial charge is 1.00 e. The summed E-state index contributed by atoms with van der Waals surface area (Å²) in [7, 11) is 0. The predicted molar refractivity (Wildman–Crippen MR) is 35.0 cm³/mol. The molecule has 5 heteroatoms. The zero-order chi connectivity index (χ0) is 7.28. The van der Waals surface area contributed by atoms with Gasteiger partial charge in [0.15, 0.2) is 0 Å². The molecule has 0 aliphatic heterocycles. The summed E-state index contributed by atoms with van der Waals surface area (Å²) in [5.41, 5.74) is 10.3. The number of carbonyl (C=O) groups is 1. The third-order valence-corrected chi connectivity index (χ3v) is 1.04. The predicted octanol–water partition coefficient (Wildman–Crippen LogP) is -3.75. The Morgan fingerprint density at radius 2 is 2.20 bits per heavy atom. The van der Waals surface area contributed by atoms with Crippen molar-refractivity contribution in [2.75, 3.05) is 6.54 Å². The summed E-state index contributed by atoms with van der Waals surface area (Å²) >= 11 is 0. The summed E-state index contributed by atoms with van der Waals surface area (Å²) in [6, 6.07) is -0.742. The van der Waals surface area contributed by atoms with Crippen LogP contribution in [-0.2, 0) is 4.79 Å². The van der Waals surface area contributed by atoms with Crippen molar-refractivity contribution in [1.82, 2.24) is 0 Å². The van der Waals surface area contributed by atoms with Crippen LogP contribution in [-0.4, -0.2) is 23.7 Å². The molecule has 0 aromatic rings. The molecule has 0 saturated heterocycles. The van der Waals surface area contributed by atoms with Gasteiger partial charge in [0.05, 0.1) is 0 Å². The Morgan fingerprint density at radius 1 is 1.70 bits per heavy atom. The van der Waals surface area contributed by atoms with Crippen LogP contribution in [0.3, 0.4) is 0 Å². The number of hydrogen-bond acceptors (Lipinski definition) is 3. The molecule has 0 aliphatic carbocycles. The SMILES string of the molecule is NCCC[C@@H](N)C(=O)O.[H-].[Na+]. The zero-order valence-corrected chi connectivity index (χ0v) is 8.21. The molecule has 0 spiro atoms. The first-order valence-corrected chi connectivity index (χ1v) is 2.87. The number of hydrogen-bond donors (Lipinski definition) is 3. The van der Waals surface area contributed by atoms with Gasteiger partial charge in [-0.25, -0.2) is 0 Å². The van der Waals surface area contributed by atoms with Crippen LogP contribution in [0.25, 0.3) is 0 Å². The van der Waals surface area contributed by atoms with Crippen LogP contribution >= 0.6 is 0 Å². The van der Waals surface area contributed by atoms with Gasteiger partial charge in [-0.1, -0.05) is 0 Å². The Kier molecular flexibility index (Phi) is 9.76. The van der Waals surface area contributed by atoms with Crippen molar-refractivity contribution in [1.29, 1.82) is 0 Å². The van der Waals surface area contributed by atoms with E-state index in [2.05, 4.69) is 0 Å². The van der Waals surface area contributed by atoms with Gasteiger partial charge < -0.3 is 18.0 Å². The maximum Gasteiger partial charge on any atom is 1.00 e. The van der Waals surface area contributed by atoms with Gasteiger partial charge in [0, 0.05) is 0 Å². The molecule has 0 radical (unpaired) electrons. The Labute approximate surface area is 83.7 Å². The van der Waals surface area contributed by atoms with Crippen molar-refractivity contribution >= 4 is 5.97 Å². The summed E-state index contributed by atoms with van der Waals surface area (Å²) < 4.78 is 0. The Hall–Kier alpha value is 0.390. The fraction of sp³-hybridized carbons (Fsp3) is 0.800. The van der Waals surface area contributed by atoms with Gasteiger partial charge in [-0.2, -0.15) is 0 Å². The van der Waals surface area contributed by atoms with Crippen LogP contribution in [0.1, 0.15) is 14.3 Å². The molecule has 0 heterocycles. The van der Waals surface area contributed by atoms with Crippen LogP contribution < -0.4 is 41.0 Å². The first-order valence-electron chi connectivity index (χ1n) is 2.87. The summed E-state index contributed by atoms with van der Waals surface area (Å²) in [6.07, 6.45) is 1.14. The maximum absolute atomic E-state index is 10.0. The molecule has 0 saturated carbocycles. The number of rotatable bonds is 4. The number of aliphatic carboxylic acids is 1. The van der Waals surface area contributed by atoms with Gasteiger partial charge in [0.25, 0.3) is 0 Å². The molecule has 10 heavy (non-hydrogen) atoms. The molecule has 0 bridgehead atoms. The van der Waals surface area contributed by atoms with Crippen LogP contribution in [0.4, 0.5) is 0 Å². The van der Waals surface area contributed by atoms with Crippen LogP contribution in [0.15, 0.2) is 0 Å². The van der Waals surface area contributed by atoms with E-state index in [4.69, 9.17) is 16.6 Å². The van der Waals surface area contributed by atoms with Gasteiger partial charge >= 0.3 is 35.5 Å². The van der Waals surface area contributed by atoms with E-state index in [9.17, 15) is 4.79 Å². The van der Waals surface area contributed by atoms with Crippen molar-refractivity contribution in [2.45, 2.75) is 18.9 Å². The van der Waals surface area contributed by atoms with Crippen molar-refractivity contribution in [3.8, 4) is 0 Å². The van der Waals surface area contributed by atoms with Crippen LogP contribution in [0.2, 0.25) is 0 Å². The van der Waals surface area contributed by atoms with E-state index in [1.807, 2.05) is 0 Å². The second-order valence-electron chi connectivity index (χ2n) is 1.88. The molecule has 4 nitrogen and oxygen atoms in total. The molecular weight excluding hydrogens is 143 g/mol. The van der Waals surface area contributed by atoms with Gasteiger partial charge in [0.2, 0.25) is 0 Å². The first kappa shape index (κ1) is 13.0. The standard InChI is InChI=1S/C5H12N2O2.Na.H/c6-3-1-2-4(7)5(8)9;;/h4H,1-3,6-7H2,(H,8,9);;/q;+1;-1/t4-;;/m1../s1. The van der Waals surface area contributed by atoms with Crippen molar-refractivity contribution in [3.63, 3.8) is 0 Å². The summed E-state index contributed by atoms with van der Waals surface area (Å²) in [4.78, 5) is 10.0. The Morgan fingerprint density at radius 3 is 2.50 bits per heavy atom. The minimum absolute atomic E-state index is 0. The summed E-state index contributed by atoms with van der Waals surface area (Å²) in [5, 5.41) is 8.24. The number of carboxylic acid groups (broad SMARTS) is 1. The second kappa shape index (κ2) is 7.50. The fourth-order valence-electron chi connectivity index (χ4n) is 0.461. The average molecular weight is 156 g/mol. The van der Waals surface area contributed by atoms with Crippen molar-refractivity contribution in [3.05, 3.63) is 0 Å². The minimum Gasteiger partial charge on any atom is -1.00 e. The van der Waals surface area contributed by atoms with Crippen LogP contribution in [0, 0.1) is 0 Å². The molecule has 0 aromatic carbocycles. The molecule has 0 fully saturated rings. The molecule has 0 aliphatic rings. The molecule has 0 amide bonds. The number of nitrogens with two attached hydrogens (primary N) is 2. The fourth-order valence-corrected chi connectivity index (χ4v) is 0.461. The smallest absolute Gasteiger partial charge is 1.00 e. The first-order chi connectivity index (χ1) is 4.18. The molecule has 0 aromatic heterocycles. The molecule has 0 rings (SSSR count). The molecule has 5 N–H and O–H groups in total. The third-order valence-electron chi connectivity index (χ3n) is 1.04. The van der Waals surface area contributed by atoms with E-state index in [-0.39, 0.29) is 31.0 Å². The van der Waals surface area contributed by atoms with E-state index in [0.29, 0.717) is 19.4 Å². The van der Waals surface area contributed by atoms with Crippen LogP contribution in [0.5, 0.6) is 0 Å². The second-order valence-corrected chi connectivity index (χ2v) is 1.88. The summed E-state index contributed by atoms with van der Waals surface area (Å²) in [6.45, 7) is 0.501. The molecular formula is C5H13N2NaO2. The Bertz CT molecular complexity index is 104. The zero-order valence-electron chi connectivity index (χ0n) is 7.21. The van der Waals surface area contributed by atoms with E-state index in [1.165, 1.54) is 0 Å². The van der Waals surface area contributed by atoms with Gasteiger partial charge in [-0.3, -0.25) is 4.79 Å². The van der Waals surface area contributed by atoms with Crippen molar-refractivity contribution < 1.29 is 40.9 Å². The van der Waals surface area contributed by atoms with E-state index in [1.54, 1.807) is 0 Å². The quantitative estimate of drug-likeness (QED) is 0.365. The van der Waals surface area contributed by atoms with E-state index in [0.717, 1.165) is 0 Å². The monoisotopic (exact) mass is 156 g/mol. The van der Waals surface area contributed by atoms with Crippen molar-refractivity contribution in [2.24, 2.45) is 11.5 Å². The van der Waals surface area contributed by atoms with Gasteiger partial charge in [-0.15, -0.1) is 0 Å². The average Bonchev–Trinajstić information content (AvgIpc) is 1.82. The maximum atomic E-state index is 10.0. The number of carboxylic acids is 1. The molecule has 0 unspecified atom stereocenters. The topological polar surface area (TPSA) is 89.3 Å².